The molecule has 0 unspecified atom stereocenters. The number of rotatable bonds is 4. The molecule has 0 spiro atoms. The molecule has 0 bridgehead atoms. The highest BCUT2D eigenvalue weighted by molar-refractivity contribution is 5.95. The summed E-state index contributed by atoms with van der Waals surface area (Å²) in [6, 6.07) is 10.9. The molecule has 1 atom stereocenters. The second-order valence-electron chi connectivity index (χ2n) is 8.83. The molecule has 5 rings (SSSR count). The number of benzene rings is 2. The van der Waals surface area contributed by atoms with E-state index in [1.807, 2.05) is 31.3 Å². The van der Waals surface area contributed by atoms with Gasteiger partial charge in [0, 0.05) is 30.9 Å². The van der Waals surface area contributed by atoms with Crippen LogP contribution in [0.1, 0.15) is 19.3 Å². The maximum atomic E-state index is 13.5. The number of halogens is 3. The summed E-state index contributed by atoms with van der Waals surface area (Å²) in [5, 5.41) is 9.46. The van der Waals surface area contributed by atoms with Gasteiger partial charge in [-0.1, -0.05) is 12.1 Å². The van der Waals surface area contributed by atoms with E-state index < -0.39 is 30.2 Å². The van der Waals surface area contributed by atoms with Crippen molar-refractivity contribution in [3.63, 3.8) is 0 Å². The molecule has 1 saturated heterocycles. The highest BCUT2D eigenvalue weighted by atomic mass is 19.4. The molecule has 1 N–H and O–H groups in total. The van der Waals surface area contributed by atoms with Gasteiger partial charge in [0.15, 0.2) is 0 Å². The molecular formula is C25H24F3N5O2. The number of nitrogens with zero attached hydrogens (tertiary/aromatic N) is 4. The maximum Gasteiger partial charge on any atom is 0.408 e. The first-order chi connectivity index (χ1) is 16.7. The van der Waals surface area contributed by atoms with Crippen LogP contribution in [0, 0.1) is 0 Å². The van der Waals surface area contributed by atoms with Crippen LogP contribution in [0.2, 0.25) is 0 Å². The molecule has 3 heterocycles. The van der Waals surface area contributed by atoms with Crippen LogP contribution >= 0.6 is 0 Å². The second kappa shape index (κ2) is 8.75. The molecule has 0 saturated carbocycles. The van der Waals surface area contributed by atoms with Crippen LogP contribution < -0.4 is 10.9 Å². The molecule has 7 nitrogen and oxygen atoms in total. The summed E-state index contributed by atoms with van der Waals surface area (Å²) in [5.74, 6) is -0.707. The normalized spacial score (nSPS) is 16.7. The van der Waals surface area contributed by atoms with Gasteiger partial charge in [-0.3, -0.25) is 14.3 Å². The summed E-state index contributed by atoms with van der Waals surface area (Å²) < 4.78 is 43.3. The minimum absolute atomic E-state index is 0.0367. The van der Waals surface area contributed by atoms with Gasteiger partial charge in [0.1, 0.15) is 12.6 Å². The molecule has 1 fully saturated rings. The standard InChI is InChI=1S/C25H24F3N5O2/c1-31-20-9-8-18(13-17(20)14-29-31)30-19-6-4-5-16-10-12-32(24(35)23(16)19)15-22(34)33-11-3-2-7-21(33)25(26,27)28/h4-6,8-10,12-14,21,30H,2-3,7,11,15H2,1H3/t21-/m0/s1. The maximum absolute atomic E-state index is 13.5. The van der Waals surface area contributed by atoms with Crippen molar-refractivity contribution in [3.8, 4) is 0 Å². The topological polar surface area (TPSA) is 72.2 Å². The summed E-state index contributed by atoms with van der Waals surface area (Å²) in [7, 11) is 1.85. The van der Waals surface area contributed by atoms with Gasteiger partial charge in [0.2, 0.25) is 5.91 Å². The van der Waals surface area contributed by atoms with Crippen molar-refractivity contribution >= 4 is 39.0 Å². The van der Waals surface area contributed by atoms with Gasteiger partial charge in [0.25, 0.3) is 5.56 Å². The molecule has 4 aromatic rings. The molecule has 182 valence electrons. The molecular weight excluding hydrogens is 459 g/mol. The van der Waals surface area contributed by atoms with E-state index in [0.717, 1.165) is 21.5 Å². The van der Waals surface area contributed by atoms with Gasteiger partial charge < -0.3 is 14.8 Å². The molecule has 0 radical (unpaired) electrons. The van der Waals surface area contributed by atoms with Crippen LogP contribution in [-0.4, -0.2) is 43.9 Å². The van der Waals surface area contributed by atoms with Crippen LogP contribution in [0.15, 0.2) is 59.7 Å². The lowest BCUT2D eigenvalue weighted by Crippen LogP contribution is -2.52. The first-order valence-corrected chi connectivity index (χ1v) is 11.4. The summed E-state index contributed by atoms with van der Waals surface area (Å²) in [4.78, 5) is 27.1. The zero-order valence-corrected chi connectivity index (χ0v) is 19.0. The van der Waals surface area contributed by atoms with Crippen LogP contribution in [0.5, 0.6) is 0 Å². The number of carbonyl (C=O) groups excluding carboxylic acids is 1. The van der Waals surface area contributed by atoms with Crippen molar-refractivity contribution in [1.82, 2.24) is 19.2 Å². The van der Waals surface area contributed by atoms with Gasteiger partial charge in [-0.15, -0.1) is 0 Å². The van der Waals surface area contributed by atoms with Gasteiger partial charge in [-0.25, -0.2) is 0 Å². The Morgan fingerprint density at radius 3 is 2.77 bits per heavy atom. The molecule has 1 amide bonds. The molecule has 10 heteroatoms. The van der Waals surface area contributed by atoms with Gasteiger partial charge in [-0.05, 0) is 55.0 Å². The van der Waals surface area contributed by atoms with Crippen molar-refractivity contribution in [2.75, 3.05) is 11.9 Å². The average molecular weight is 483 g/mol. The number of aromatic nitrogens is 3. The van der Waals surface area contributed by atoms with Crippen molar-refractivity contribution in [2.24, 2.45) is 7.05 Å². The minimum atomic E-state index is -4.49. The fourth-order valence-electron chi connectivity index (χ4n) is 4.76. The van der Waals surface area contributed by atoms with E-state index in [1.54, 1.807) is 29.1 Å². The number of anilines is 2. The number of amides is 1. The van der Waals surface area contributed by atoms with Crippen molar-refractivity contribution in [3.05, 3.63) is 65.2 Å². The van der Waals surface area contributed by atoms with Gasteiger partial charge >= 0.3 is 6.18 Å². The van der Waals surface area contributed by atoms with Gasteiger partial charge in [-0.2, -0.15) is 18.3 Å². The minimum Gasteiger partial charge on any atom is -0.355 e. The number of carbonyl (C=O) groups is 1. The predicted molar refractivity (Wildman–Crippen MR) is 128 cm³/mol. The Labute approximate surface area is 198 Å². The van der Waals surface area contributed by atoms with Gasteiger partial charge in [0.05, 0.1) is 22.8 Å². The average Bonchev–Trinajstić information content (AvgIpc) is 3.20. The van der Waals surface area contributed by atoms with Crippen LogP contribution in [0.25, 0.3) is 21.7 Å². The number of aryl methyl sites for hydroxylation is 1. The largest absolute Gasteiger partial charge is 0.408 e. The Morgan fingerprint density at radius 2 is 1.97 bits per heavy atom. The van der Waals surface area contributed by atoms with E-state index >= 15 is 0 Å². The fraction of sp³-hybridized carbons (Fsp3) is 0.320. The zero-order valence-electron chi connectivity index (χ0n) is 19.0. The number of pyridine rings is 1. The Kier molecular flexibility index (Phi) is 5.74. The Bertz CT molecular complexity index is 1470. The SMILES string of the molecule is Cn1ncc2cc(Nc3cccc4ccn(CC(=O)N5CCCC[C@H]5C(F)(F)F)c(=O)c34)ccc21. The lowest BCUT2D eigenvalue weighted by molar-refractivity contribution is -0.196. The number of piperidine rings is 1. The van der Waals surface area contributed by atoms with Crippen molar-refractivity contribution in [1.29, 1.82) is 0 Å². The fourth-order valence-corrected chi connectivity index (χ4v) is 4.76. The van der Waals surface area contributed by atoms with E-state index in [9.17, 15) is 22.8 Å². The van der Waals surface area contributed by atoms with E-state index in [4.69, 9.17) is 0 Å². The van der Waals surface area contributed by atoms with E-state index in [-0.39, 0.29) is 13.0 Å². The number of likely N-dealkylation sites (tertiary alicyclic amines) is 1. The monoisotopic (exact) mass is 483 g/mol. The van der Waals surface area contributed by atoms with Crippen LogP contribution in [-0.2, 0) is 18.4 Å². The number of fused-ring (bicyclic) bond motifs is 2. The number of alkyl halides is 3. The molecule has 0 aliphatic carbocycles. The highest BCUT2D eigenvalue weighted by Gasteiger charge is 2.46. The quantitative estimate of drug-likeness (QED) is 0.462. The summed E-state index contributed by atoms with van der Waals surface area (Å²) in [6.45, 7) is -0.410. The Morgan fingerprint density at radius 1 is 1.14 bits per heavy atom. The van der Waals surface area contributed by atoms with Crippen molar-refractivity contribution in [2.45, 2.75) is 38.0 Å². The van der Waals surface area contributed by atoms with E-state index in [1.165, 1.54) is 10.8 Å². The first kappa shape index (κ1) is 22.9. The first-order valence-electron chi connectivity index (χ1n) is 11.4. The predicted octanol–water partition coefficient (Wildman–Crippen LogP) is 4.58. The molecule has 35 heavy (non-hydrogen) atoms. The number of nitrogens with one attached hydrogen (secondary N) is 1. The Balaban J connectivity index is 1.46. The van der Waals surface area contributed by atoms with Crippen molar-refractivity contribution < 1.29 is 18.0 Å². The lowest BCUT2D eigenvalue weighted by atomic mass is 10.0. The van der Waals surface area contributed by atoms with Crippen LogP contribution in [0.3, 0.4) is 0 Å². The summed E-state index contributed by atoms with van der Waals surface area (Å²) in [5.41, 5.74) is 1.82. The number of hydrogen-bond donors (Lipinski definition) is 1. The second-order valence-corrected chi connectivity index (χ2v) is 8.83. The zero-order chi connectivity index (χ0) is 24.7. The summed E-state index contributed by atoms with van der Waals surface area (Å²) in [6.07, 6.45) is -0.463. The molecule has 1 aliphatic rings. The smallest absolute Gasteiger partial charge is 0.355 e. The third-order valence-corrected chi connectivity index (χ3v) is 6.54. The van der Waals surface area contributed by atoms with Crippen LogP contribution in [0.4, 0.5) is 24.5 Å². The number of hydrogen-bond acceptors (Lipinski definition) is 4. The molecule has 1 aliphatic heterocycles. The molecule has 2 aromatic heterocycles. The third kappa shape index (κ3) is 4.36. The lowest BCUT2D eigenvalue weighted by Gasteiger charge is -2.36. The third-order valence-electron chi connectivity index (χ3n) is 6.54. The van der Waals surface area contributed by atoms with E-state index in [0.29, 0.717) is 29.3 Å². The Hall–Kier alpha value is -3.82. The van der Waals surface area contributed by atoms with E-state index in [2.05, 4.69) is 10.4 Å². The summed E-state index contributed by atoms with van der Waals surface area (Å²) >= 11 is 0. The highest BCUT2D eigenvalue weighted by Crippen LogP contribution is 2.32. The molecule has 2 aromatic carbocycles.